The van der Waals surface area contributed by atoms with Gasteiger partial charge in [0.2, 0.25) is 0 Å². The minimum absolute atomic E-state index is 0.143. The molecule has 0 heterocycles. The number of aryl methyl sites for hydroxylation is 4. The Bertz CT molecular complexity index is 724. The van der Waals surface area contributed by atoms with E-state index in [-0.39, 0.29) is 14.1 Å². The van der Waals surface area contributed by atoms with Crippen molar-refractivity contribution in [1.82, 2.24) is 0 Å². The molecule has 0 spiro atoms. The third-order valence-electron chi connectivity index (χ3n) is 3.93. The van der Waals surface area contributed by atoms with Crippen LogP contribution in [0.4, 0.5) is 0 Å². The molecule has 2 aromatic carbocycles. The van der Waals surface area contributed by atoms with Gasteiger partial charge in [-0.2, -0.15) is 0 Å². The Labute approximate surface area is 147 Å². The van der Waals surface area contributed by atoms with Crippen molar-refractivity contribution in [3.05, 3.63) is 58.1 Å². The second kappa shape index (κ2) is 7.94. The first-order chi connectivity index (χ1) is 11.3. The van der Waals surface area contributed by atoms with Gasteiger partial charge in [-0.3, -0.25) is 4.79 Å². The van der Waals surface area contributed by atoms with Gasteiger partial charge in [0.05, 0.1) is 6.61 Å². The van der Waals surface area contributed by atoms with Gasteiger partial charge in [-0.1, -0.05) is 37.6 Å². The third kappa shape index (κ3) is 4.68. The largest absolute Gasteiger partial charge is 0.493 e. The van der Waals surface area contributed by atoms with Gasteiger partial charge in [0.1, 0.15) is 5.75 Å². The predicted molar refractivity (Wildman–Crippen MR) is 104 cm³/mol. The summed E-state index contributed by atoms with van der Waals surface area (Å²) in [6, 6.07) is 10.2. The van der Waals surface area contributed by atoms with Crippen LogP contribution in [0, 0.1) is 33.6 Å². The summed E-state index contributed by atoms with van der Waals surface area (Å²) in [5.74, 6) is 1.38. The maximum Gasteiger partial charge on any atom is 0.186 e. The lowest BCUT2D eigenvalue weighted by molar-refractivity contribution is 0.108. The van der Waals surface area contributed by atoms with Crippen LogP contribution in [-0.4, -0.2) is 12.1 Å². The van der Waals surface area contributed by atoms with Crippen LogP contribution >= 0.6 is 8.58 Å². The molecule has 0 N–H and O–H groups in total. The highest BCUT2D eigenvalue weighted by atomic mass is 31.1. The molecule has 0 fully saturated rings. The molecule has 0 saturated carbocycles. The zero-order valence-corrected chi connectivity index (χ0v) is 16.5. The van der Waals surface area contributed by atoms with E-state index >= 15 is 0 Å². The van der Waals surface area contributed by atoms with Crippen molar-refractivity contribution in [2.75, 3.05) is 6.61 Å². The first kappa shape index (κ1) is 18.7. The summed E-state index contributed by atoms with van der Waals surface area (Å²) in [6.07, 6.45) is 0. The van der Waals surface area contributed by atoms with Gasteiger partial charge < -0.3 is 4.74 Å². The average molecular weight is 342 g/mol. The Balaban J connectivity index is 2.18. The van der Waals surface area contributed by atoms with Crippen molar-refractivity contribution >= 4 is 19.4 Å². The Morgan fingerprint density at radius 3 is 2.17 bits per heavy atom. The van der Waals surface area contributed by atoms with E-state index in [4.69, 9.17) is 4.74 Å². The van der Waals surface area contributed by atoms with Gasteiger partial charge >= 0.3 is 0 Å². The Hall–Kier alpha value is -1.66. The molecule has 128 valence electrons. The summed E-state index contributed by atoms with van der Waals surface area (Å²) in [6.45, 7) is 13.1. The quantitative estimate of drug-likeness (QED) is 0.683. The normalized spacial score (nSPS) is 11.5. The van der Waals surface area contributed by atoms with E-state index in [9.17, 15) is 4.79 Å². The zero-order chi connectivity index (χ0) is 17.9. The standard InChI is InChI=1S/C21H27O2P/c1-13(2)12-23-18-7-8-19(15(4)11-18)24-21(22)20-16(5)9-14(3)10-17(20)6/h7-11,13,24H,12H2,1-6H3. The zero-order valence-electron chi connectivity index (χ0n) is 15.5. The number of carbonyl (C=O) groups excluding carboxylic acids is 1. The summed E-state index contributed by atoms with van der Waals surface area (Å²) in [7, 11) is 0.143. The molecule has 2 rings (SSSR count). The molecular formula is C21H27O2P. The van der Waals surface area contributed by atoms with Crippen molar-refractivity contribution in [3.8, 4) is 5.75 Å². The molecule has 24 heavy (non-hydrogen) atoms. The highest BCUT2D eigenvalue weighted by Gasteiger charge is 2.15. The maximum absolute atomic E-state index is 12.8. The van der Waals surface area contributed by atoms with E-state index in [1.54, 1.807) is 0 Å². The molecule has 0 aliphatic carbocycles. The second-order valence-electron chi connectivity index (χ2n) is 6.91. The molecule has 1 unspecified atom stereocenters. The van der Waals surface area contributed by atoms with Gasteiger partial charge in [-0.25, -0.2) is 0 Å². The van der Waals surface area contributed by atoms with Gasteiger partial charge in [-0.05, 0) is 76.3 Å². The van der Waals surface area contributed by atoms with Crippen LogP contribution in [0.3, 0.4) is 0 Å². The summed E-state index contributed by atoms with van der Waals surface area (Å²) in [5.41, 5.74) is 5.54. The predicted octanol–water partition coefficient (Wildman–Crippen LogP) is 5.10. The number of benzene rings is 2. The molecule has 0 aliphatic rings. The Kier molecular flexibility index (Phi) is 6.18. The molecule has 1 atom stereocenters. The number of ether oxygens (including phenoxy) is 1. The fourth-order valence-corrected chi connectivity index (χ4v) is 4.05. The minimum Gasteiger partial charge on any atom is -0.493 e. The number of rotatable bonds is 6. The molecule has 2 nitrogen and oxygen atoms in total. The molecule has 0 bridgehead atoms. The lowest BCUT2D eigenvalue weighted by Crippen LogP contribution is -2.09. The molecule has 0 radical (unpaired) electrons. The van der Waals surface area contributed by atoms with Crippen molar-refractivity contribution < 1.29 is 9.53 Å². The van der Waals surface area contributed by atoms with Crippen molar-refractivity contribution in [1.29, 1.82) is 0 Å². The highest BCUT2D eigenvalue weighted by molar-refractivity contribution is 7.66. The van der Waals surface area contributed by atoms with Crippen LogP contribution in [0.1, 0.15) is 46.5 Å². The molecule has 0 aromatic heterocycles. The van der Waals surface area contributed by atoms with E-state index < -0.39 is 0 Å². The van der Waals surface area contributed by atoms with E-state index in [0.717, 1.165) is 33.3 Å². The Morgan fingerprint density at radius 1 is 1.00 bits per heavy atom. The van der Waals surface area contributed by atoms with Gasteiger partial charge in [-0.15, -0.1) is 0 Å². The van der Waals surface area contributed by atoms with Crippen molar-refractivity contribution in [2.45, 2.75) is 41.5 Å². The summed E-state index contributed by atoms with van der Waals surface area (Å²) in [4.78, 5) is 12.8. The van der Waals surface area contributed by atoms with Crippen LogP contribution in [0.5, 0.6) is 5.75 Å². The molecular weight excluding hydrogens is 315 g/mol. The van der Waals surface area contributed by atoms with Crippen molar-refractivity contribution in [2.24, 2.45) is 5.92 Å². The molecule has 2 aromatic rings. The summed E-state index contributed by atoms with van der Waals surface area (Å²) >= 11 is 0. The smallest absolute Gasteiger partial charge is 0.186 e. The van der Waals surface area contributed by atoms with E-state index in [1.807, 2.05) is 39.0 Å². The SMILES string of the molecule is Cc1cc(C)c(C(=O)Pc2ccc(OCC(C)C)cc2C)c(C)c1. The van der Waals surface area contributed by atoms with E-state index in [0.29, 0.717) is 12.5 Å². The Morgan fingerprint density at radius 2 is 1.62 bits per heavy atom. The topological polar surface area (TPSA) is 26.3 Å². The number of hydrogen-bond donors (Lipinski definition) is 0. The van der Waals surface area contributed by atoms with Crippen LogP contribution in [0.25, 0.3) is 0 Å². The summed E-state index contributed by atoms with van der Waals surface area (Å²) < 4.78 is 5.76. The second-order valence-corrected chi connectivity index (χ2v) is 8.15. The fourth-order valence-electron chi connectivity index (χ4n) is 2.85. The first-order valence-electron chi connectivity index (χ1n) is 8.40. The molecule has 0 aliphatic heterocycles. The third-order valence-corrected chi connectivity index (χ3v) is 5.24. The minimum atomic E-state index is 0.143. The summed E-state index contributed by atoms with van der Waals surface area (Å²) in [5, 5.41) is 1.09. The highest BCUT2D eigenvalue weighted by Crippen LogP contribution is 2.27. The lowest BCUT2D eigenvalue weighted by atomic mass is 10.0. The van der Waals surface area contributed by atoms with Crippen LogP contribution < -0.4 is 10.0 Å². The van der Waals surface area contributed by atoms with Crippen molar-refractivity contribution in [3.63, 3.8) is 0 Å². The first-order valence-corrected chi connectivity index (χ1v) is 9.40. The maximum atomic E-state index is 12.8. The average Bonchev–Trinajstić information content (AvgIpc) is 2.46. The van der Waals surface area contributed by atoms with Gasteiger partial charge in [0.25, 0.3) is 0 Å². The van der Waals surface area contributed by atoms with Crippen LogP contribution in [0.15, 0.2) is 30.3 Å². The molecule has 3 heteroatoms. The lowest BCUT2D eigenvalue weighted by Gasteiger charge is -2.13. The molecule has 0 amide bonds. The van der Waals surface area contributed by atoms with E-state index in [1.165, 1.54) is 5.56 Å². The monoisotopic (exact) mass is 342 g/mol. The van der Waals surface area contributed by atoms with E-state index in [2.05, 4.69) is 32.9 Å². The van der Waals surface area contributed by atoms with Crippen LogP contribution in [0.2, 0.25) is 0 Å². The fraction of sp³-hybridized carbons (Fsp3) is 0.381. The number of carbonyl (C=O) groups is 1. The van der Waals surface area contributed by atoms with Gasteiger partial charge in [0.15, 0.2) is 5.52 Å². The molecule has 0 saturated heterocycles. The van der Waals surface area contributed by atoms with Gasteiger partial charge in [0, 0.05) is 5.56 Å². The number of hydrogen-bond acceptors (Lipinski definition) is 2. The van der Waals surface area contributed by atoms with Crippen LogP contribution in [-0.2, 0) is 0 Å².